The molecule has 0 saturated heterocycles. The summed E-state index contributed by atoms with van der Waals surface area (Å²) in [6.45, 7) is 4.15. The Morgan fingerprint density at radius 3 is 2.44 bits per heavy atom. The molecule has 1 aliphatic heterocycles. The fraction of sp³-hybridized carbons (Fsp3) is 0.167. The van der Waals surface area contributed by atoms with Gasteiger partial charge in [0.25, 0.3) is 5.91 Å². The molecule has 7 nitrogen and oxygen atoms in total. The molecule has 3 aromatic carbocycles. The van der Waals surface area contributed by atoms with Gasteiger partial charge in [-0.2, -0.15) is 0 Å². The average molecular weight is 609 g/mol. The SMILES string of the molecule is CCOC(=O)C1=C(O)/C(=C/c2cc(OC)c(OCc3ccc(C)cc3)cc2Br)SC1=NC(=O)c1ccccc1. The number of benzene rings is 3. The van der Waals surface area contributed by atoms with Crippen LogP contribution in [0.2, 0.25) is 0 Å². The molecule has 1 amide bonds. The molecule has 3 aromatic rings. The number of aryl methyl sites for hydroxylation is 1. The van der Waals surface area contributed by atoms with Crippen LogP contribution in [0.1, 0.15) is 34.0 Å². The van der Waals surface area contributed by atoms with Crippen LogP contribution in [0.5, 0.6) is 11.5 Å². The highest BCUT2D eigenvalue weighted by Gasteiger charge is 2.34. The summed E-state index contributed by atoms with van der Waals surface area (Å²) in [5, 5.41) is 11.1. The Labute approximate surface area is 239 Å². The maximum absolute atomic E-state index is 12.7. The number of aliphatic hydroxyl groups is 1. The molecular weight excluding hydrogens is 582 g/mol. The van der Waals surface area contributed by atoms with Gasteiger partial charge in [0.1, 0.15) is 23.0 Å². The molecule has 0 saturated carbocycles. The molecule has 0 bridgehead atoms. The van der Waals surface area contributed by atoms with E-state index < -0.39 is 11.9 Å². The number of aliphatic imine (C=N–C) groups is 1. The molecule has 0 radical (unpaired) electrons. The lowest BCUT2D eigenvalue weighted by molar-refractivity contribution is -0.138. The van der Waals surface area contributed by atoms with Crippen molar-refractivity contribution in [3.63, 3.8) is 0 Å². The highest BCUT2D eigenvalue weighted by molar-refractivity contribution is 9.10. The van der Waals surface area contributed by atoms with Crippen molar-refractivity contribution in [1.29, 1.82) is 0 Å². The Kier molecular flexibility index (Phi) is 9.27. The maximum Gasteiger partial charge on any atom is 0.344 e. The van der Waals surface area contributed by atoms with E-state index in [0.29, 0.717) is 38.6 Å². The number of carbonyl (C=O) groups excluding carboxylic acids is 2. The zero-order valence-electron chi connectivity index (χ0n) is 21.6. The van der Waals surface area contributed by atoms with E-state index in [2.05, 4.69) is 20.9 Å². The van der Waals surface area contributed by atoms with Crippen LogP contribution in [0, 0.1) is 6.92 Å². The van der Waals surface area contributed by atoms with Gasteiger partial charge in [0.2, 0.25) is 0 Å². The van der Waals surface area contributed by atoms with E-state index in [1.165, 1.54) is 5.56 Å². The van der Waals surface area contributed by atoms with E-state index in [9.17, 15) is 14.7 Å². The molecule has 0 spiro atoms. The van der Waals surface area contributed by atoms with Crippen LogP contribution < -0.4 is 9.47 Å². The summed E-state index contributed by atoms with van der Waals surface area (Å²) in [6, 6.07) is 20.1. The second-order valence-corrected chi connectivity index (χ2v) is 10.3. The minimum atomic E-state index is -0.762. The van der Waals surface area contributed by atoms with Crippen molar-refractivity contribution in [1.82, 2.24) is 0 Å². The van der Waals surface area contributed by atoms with Crippen molar-refractivity contribution < 1.29 is 28.9 Å². The van der Waals surface area contributed by atoms with Crippen LogP contribution in [-0.4, -0.2) is 35.7 Å². The fourth-order valence-electron chi connectivity index (χ4n) is 3.65. The van der Waals surface area contributed by atoms with Gasteiger partial charge in [-0.25, -0.2) is 9.79 Å². The number of aliphatic hydroxyl groups excluding tert-OH is 1. The second-order valence-electron chi connectivity index (χ2n) is 8.44. The topological polar surface area (TPSA) is 94.4 Å². The summed E-state index contributed by atoms with van der Waals surface area (Å²) < 4.78 is 17.4. The first-order chi connectivity index (χ1) is 18.8. The molecule has 1 N–H and O–H groups in total. The number of ether oxygens (including phenoxy) is 3. The number of methoxy groups -OCH3 is 1. The lowest BCUT2D eigenvalue weighted by Gasteiger charge is -2.13. The highest BCUT2D eigenvalue weighted by Crippen LogP contribution is 2.42. The molecule has 0 atom stereocenters. The minimum Gasteiger partial charge on any atom is -0.506 e. The number of nitrogens with zero attached hydrogens (tertiary/aromatic N) is 1. The first-order valence-electron chi connectivity index (χ1n) is 12.0. The van der Waals surface area contributed by atoms with Crippen LogP contribution in [0.15, 0.2) is 92.4 Å². The molecule has 39 heavy (non-hydrogen) atoms. The monoisotopic (exact) mass is 607 g/mol. The highest BCUT2D eigenvalue weighted by atomic mass is 79.9. The van der Waals surface area contributed by atoms with Gasteiger partial charge in [-0.1, -0.05) is 75.7 Å². The van der Waals surface area contributed by atoms with E-state index in [1.807, 2.05) is 31.2 Å². The van der Waals surface area contributed by atoms with Gasteiger partial charge < -0.3 is 19.3 Å². The Morgan fingerprint density at radius 1 is 1.05 bits per heavy atom. The third kappa shape index (κ3) is 6.79. The molecule has 0 aromatic heterocycles. The van der Waals surface area contributed by atoms with Gasteiger partial charge in [0, 0.05) is 10.0 Å². The van der Waals surface area contributed by atoms with E-state index >= 15 is 0 Å². The summed E-state index contributed by atoms with van der Waals surface area (Å²) in [5.74, 6) is -0.589. The summed E-state index contributed by atoms with van der Waals surface area (Å²) >= 11 is 4.57. The molecule has 9 heteroatoms. The lowest BCUT2D eigenvalue weighted by atomic mass is 10.1. The largest absolute Gasteiger partial charge is 0.506 e. The predicted molar refractivity (Wildman–Crippen MR) is 156 cm³/mol. The first kappa shape index (κ1) is 28.2. The van der Waals surface area contributed by atoms with Gasteiger partial charge in [0.15, 0.2) is 11.5 Å². The minimum absolute atomic E-state index is 0.0622. The first-order valence-corrected chi connectivity index (χ1v) is 13.7. The van der Waals surface area contributed by atoms with Crippen molar-refractivity contribution in [2.45, 2.75) is 20.5 Å². The van der Waals surface area contributed by atoms with Crippen molar-refractivity contribution in [3.8, 4) is 11.5 Å². The zero-order chi connectivity index (χ0) is 27.9. The predicted octanol–water partition coefficient (Wildman–Crippen LogP) is 7.05. The smallest absolute Gasteiger partial charge is 0.344 e. The maximum atomic E-state index is 12.7. The molecule has 1 aliphatic rings. The van der Waals surface area contributed by atoms with Gasteiger partial charge >= 0.3 is 5.97 Å². The Hall–Kier alpha value is -3.82. The number of halogens is 1. The Bertz CT molecular complexity index is 1480. The lowest BCUT2D eigenvalue weighted by Crippen LogP contribution is -2.14. The number of esters is 1. The van der Waals surface area contributed by atoms with Gasteiger partial charge in [-0.15, -0.1) is 0 Å². The second kappa shape index (κ2) is 12.8. The molecule has 0 unspecified atom stereocenters. The Balaban J connectivity index is 1.65. The molecule has 0 fully saturated rings. The molecule has 4 rings (SSSR count). The van der Waals surface area contributed by atoms with E-state index in [1.54, 1.807) is 62.6 Å². The van der Waals surface area contributed by atoms with Crippen LogP contribution in [0.25, 0.3) is 6.08 Å². The fourth-order valence-corrected chi connectivity index (χ4v) is 5.09. The van der Waals surface area contributed by atoms with Gasteiger partial charge in [-0.3, -0.25) is 4.79 Å². The zero-order valence-corrected chi connectivity index (χ0v) is 24.0. The molecule has 0 aliphatic carbocycles. The van der Waals surface area contributed by atoms with Crippen LogP contribution in [-0.2, 0) is 16.1 Å². The van der Waals surface area contributed by atoms with Crippen molar-refractivity contribution >= 4 is 50.7 Å². The van der Waals surface area contributed by atoms with E-state index in [4.69, 9.17) is 14.2 Å². The van der Waals surface area contributed by atoms with E-state index in [0.717, 1.165) is 17.3 Å². The van der Waals surface area contributed by atoms with Crippen LogP contribution in [0.3, 0.4) is 0 Å². The van der Waals surface area contributed by atoms with Crippen molar-refractivity contribution in [2.24, 2.45) is 4.99 Å². The average Bonchev–Trinajstić information content (AvgIpc) is 3.24. The summed E-state index contributed by atoms with van der Waals surface area (Å²) in [5.41, 5.74) is 3.05. The third-order valence-electron chi connectivity index (χ3n) is 5.68. The molecule has 1 heterocycles. The number of hydrogen-bond donors (Lipinski definition) is 1. The Morgan fingerprint density at radius 2 is 1.77 bits per heavy atom. The van der Waals surface area contributed by atoms with Crippen LogP contribution >= 0.6 is 27.7 Å². The quantitative estimate of drug-likeness (QED) is 0.274. The van der Waals surface area contributed by atoms with Crippen molar-refractivity contribution in [3.05, 3.63) is 110 Å². The van der Waals surface area contributed by atoms with Gasteiger partial charge in [0.05, 0.1) is 18.6 Å². The summed E-state index contributed by atoms with van der Waals surface area (Å²) in [7, 11) is 1.54. The molecular formula is C30H26BrNO6S. The summed E-state index contributed by atoms with van der Waals surface area (Å²) in [6.07, 6.45) is 1.67. The van der Waals surface area contributed by atoms with E-state index in [-0.39, 0.29) is 23.0 Å². The normalized spacial score (nSPS) is 15.1. The summed E-state index contributed by atoms with van der Waals surface area (Å²) in [4.78, 5) is 29.9. The number of carbonyl (C=O) groups is 2. The van der Waals surface area contributed by atoms with Crippen LogP contribution in [0.4, 0.5) is 0 Å². The standard InChI is InChI=1S/C30H26BrNO6S/c1-4-37-30(35)26-27(33)25(39-29(26)32-28(34)20-8-6-5-7-9-20)15-21-14-23(36-3)24(16-22(21)31)38-17-19-12-10-18(2)11-13-19/h5-16,33H,4,17H2,1-3H3/b25-15-,32-29?. The number of rotatable bonds is 8. The van der Waals surface area contributed by atoms with Gasteiger partial charge in [-0.05, 0) is 55.3 Å². The molecule has 200 valence electrons. The number of hydrogen-bond acceptors (Lipinski definition) is 7. The van der Waals surface area contributed by atoms with Crippen molar-refractivity contribution in [2.75, 3.05) is 13.7 Å². The third-order valence-corrected chi connectivity index (χ3v) is 7.39. The number of thioether (sulfide) groups is 1. The number of amides is 1.